The van der Waals surface area contributed by atoms with Gasteiger partial charge in [-0.2, -0.15) is 0 Å². The van der Waals surface area contributed by atoms with Crippen LogP contribution in [0.3, 0.4) is 0 Å². The van der Waals surface area contributed by atoms with Crippen molar-refractivity contribution >= 4 is 18.9 Å². The Hall–Kier alpha value is -3.49. The van der Waals surface area contributed by atoms with E-state index < -0.39 is 24.7 Å². The lowest BCUT2D eigenvalue weighted by molar-refractivity contribution is -0.199. The summed E-state index contributed by atoms with van der Waals surface area (Å²) in [6.45, 7) is 6.81. The van der Waals surface area contributed by atoms with Gasteiger partial charge in [-0.05, 0) is 97.1 Å². The van der Waals surface area contributed by atoms with E-state index in [1.54, 1.807) is 12.1 Å². The van der Waals surface area contributed by atoms with Crippen molar-refractivity contribution in [2.24, 2.45) is 17.3 Å². The van der Waals surface area contributed by atoms with E-state index >= 15 is 0 Å². The third-order valence-corrected chi connectivity index (χ3v) is 11.6. The third kappa shape index (κ3) is 5.79. The highest BCUT2D eigenvalue weighted by Crippen LogP contribution is 2.65. The largest absolute Gasteiger partial charge is 0.482 e. The van der Waals surface area contributed by atoms with Crippen LogP contribution < -0.4 is 10.6 Å². The zero-order chi connectivity index (χ0) is 32.1. The Balaban J connectivity index is 1.14. The van der Waals surface area contributed by atoms with Crippen molar-refractivity contribution in [3.05, 3.63) is 107 Å². The average Bonchev–Trinajstić information content (AvgIpc) is 3.42. The van der Waals surface area contributed by atoms with E-state index in [1.807, 2.05) is 48.5 Å². The number of carbonyl (C=O) groups excluding carboxylic acids is 2. The molecule has 2 N–H and O–H groups in total. The summed E-state index contributed by atoms with van der Waals surface area (Å²) in [5, 5.41) is 6.39. The highest BCUT2D eigenvalue weighted by atomic mass is 19.1. The average molecular weight is 623 g/mol. The molecule has 1 saturated heterocycles. The summed E-state index contributed by atoms with van der Waals surface area (Å²) in [6.07, 6.45) is 5.40. The summed E-state index contributed by atoms with van der Waals surface area (Å²) in [4.78, 5) is 28.2. The first kappa shape index (κ1) is 31.1. The SMILES string of the molecule is CC1(C)[C@@H]2CC3OB([C@H](Cc4ccc(F)cc4)NC(=O)[C@H](Cc4ccccc4)NC(=O)[C@H]4CCCc5ccccc54)O[C@@]3(C)[C@H]1C2. The molecule has 0 radical (unpaired) electrons. The molecule has 7 atom stereocenters. The lowest BCUT2D eigenvalue weighted by atomic mass is 9.43. The maximum atomic E-state index is 14.3. The van der Waals surface area contributed by atoms with Crippen molar-refractivity contribution in [2.45, 2.75) is 95.3 Å². The molecule has 240 valence electrons. The summed E-state index contributed by atoms with van der Waals surface area (Å²) in [6, 6.07) is 23.4. The molecule has 3 aromatic carbocycles. The first-order valence-corrected chi connectivity index (χ1v) is 16.9. The van der Waals surface area contributed by atoms with Gasteiger partial charge in [-0.25, -0.2) is 4.39 Å². The minimum absolute atomic E-state index is 0.0481. The molecule has 1 unspecified atom stereocenters. The predicted molar refractivity (Wildman–Crippen MR) is 176 cm³/mol. The molecule has 2 bridgehead atoms. The molecule has 5 aliphatic rings. The lowest BCUT2D eigenvalue weighted by Gasteiger charge is -2.64. The molecule has 1 heterocycles. The van der Waals surface area contributed by atoms with Gasteiger partial charge < -0.3 is 19.9 Å². The summed E-state index contributed by atoms with van der Waals surface area (Å²) < 4.78 is 27.3. The molecule has 2 amide bonds. The molecule has 6 nitrogen and oxygen atoms in total. The van der Waals surface area contributed by atoms with E-state index in [-0.39, 0.29) is 35.1 Å². The molecule has 8 rings (SSSR count). The van der Waals surface area contributed by atoms with Crippen LogP contribution >= 0.6 is 0 Å². The Morgan fingerprint density at radius 2 is 1.63 bits per heavy atom. The molecule has 3 aromatic rings. The standard InChI is InChI=1S/C38H44BFN2O4/c1-37(2)27-22-32(37)38(3)33(23-27)45-39(46-38)34(21-25-16-18-28(40)19-17-25)42-36(44)31(20-24-10-5-4-6-11-24)41-35(43)30-15-9-13-26-12-7-8-14-29(26)30/h4-8,10-12,14,16-19,27,30-34H,9,13,15,20-23H2,1-3H3,(H,41,43)(H,42,44)/t27-,30-,31-,32-,33?,34-,38-/m0/s1. The number of aryl methyl sites for hydroxylation is 1. The fourth-order valence-corrected chi connectivity index (χ4v) is 8.80. The normalized spacial score (nSPS) is 28.7. The van der Waals surface area contributed by atoms with Gasteiger partial charge >= 0.3 is 7.12 Å². The maximum Gasteiger partial charge on any atom is 0.482 e. The molecule has 3 saturated carbocycles. The van der Waals surface area contributed by atoms with Crippen molar-refractivity contribution in [1.82, 2.24) is 10.6 Å². The molecule has 4 fully saturated rings. The third-order valence-electron chi connectivity index (χ3n) is 11.6. The number of benzene rings is 3. The number of hydrogen-bond acceptors (Lipinski definition) is 4. The van der Waals surface area contributed by atoms with Gasteiger partial charge in [0.1, 0.15) is 11.9 Å². The molecule has 46 heavy (non-hydrogen) atoms. The maximum absolute atomic E-state index is 14.3. The van der Waals surface area contributed by atoms with Gasteiger partial charge in [0, 0.05) is 6.42 Å². The van der Waals surface area contributed by atoms with Crippen LogP contribution in [-0.4, -0.2) is 42.6 Å². The van der Waals surface area contributed by atoms with Crippen LogP contribution in [0.2, 0.25) is 0 Å². The second kappa shape index (κ2) is 12.3. The Kier molecular flexibility index (Phi) is 8.31. The Morgan fingerprint density at radius 3 is 2.39 bits per heavy atom. The van der Waals surface area contributed by atoms with E-state index in [9.17, 15) is 14.0 Å². The zero-order valence-electron chi connectivity index (χ0n) is 27.0. The molecule has 1 aliphatic heterocycles. The first-order valence-electron chi connectivity index (χ1n) is 16.9. The Labute approximate surface area is 272 Å². The van der Waals surface area contributed by atoms with Crippen molar-refractivity contribution in [1.29, 1.82) is 0 Å². The smallest absolute Gasteiger partial charge is 0.404 e. The van der Waals surface area contributed by atoms with Gasteiger partial charge in [-0.3, -0.25) is 9.59 Å². The van der Waals surface area contributed by atoms with Gasteiger partial charge in [0.25, 0.3) is 0 Å². The van der Waals surface area contributed by atoms with E-state index in [4.69, 9.17) is 9.31 Å². The molecule has 0 aromatic heterocycles. The number of halogens is 1. The van der Waals surface area contributed by atoms with Crippen molar-refractivity contribution in [3.8, 4) is 0 Å². The number of amides is 2. The monoisotopic (exact) mass is 622 g/mol. The van der Waals surface area contributed by atoms with Gasteiger partial charge in [0.15, 0.2) is 0 Å². The highest BCUT2D eigenvalue weighted by Gasteiger charge is 2.68. The van der Waals surface area contributed by atoms with Crippen LogP contribution in [0, 0.1) is 23.1 Å². The minimum atomic E-state index is -0.800. The Bertz CT molecular complexity index is 1580. The van der Waals surface area contributed by atoms with Crippen LogP contribution in [0.4, 0.5) is 4.39 Å². The summed E-state index contributed by atoms with van der Waals surface area (Å²) >= 11 is 0. The molecule has 8 heteroatoms. The number of rotatable bonds is 9. The predicted octanol–water partition coefficient (Wildman–Crippen LogP) is 5.97. The number of fused-ring (bicyclic) bond motifs is 1. The second-order valence-corrected chi connectivity index (χ2v) is 14.7. The van der Waals surface area contributed by atoms with E-state index in [0.29, 0.717) is 24.7 Å². The summed E-state index contributed by atoms with van der Waals surface area (Å²) in [5.74, 6) is -0.597. The summed E-state index contributed by atoms with van der Waals surface area (Å²) in [7, 11) is -0.669. The van der Waals surface area contributed by atoms with E-state index in [2.05, 4.69) is 37.5 Å². The van der Waals surface area contributed by atoms with Gasteiger partial charge in [-0.1, -0.05) is 80.6 Å². The zero-order valence-corrected chi connectivity index (χ0v) is 27.0. The van der Waals surface area contributed by atoms with Gasteiger partial charge in [0.05, 0.1) is 23.6 Å². The van der Waals surface area contributed by atoms with Crippen LogP contribution in [0.5, 0.6) is 0 Å². The fourth-order valence-electron chi connectivity index (χ4n) is 8.80. The lowest BCUT2D eigenvalue weighted by Crippen LogP contribution is -2.65. The fraction of sp³-hybridized carbons (Fsp3) is 0.474. The van der Waals surface area contributed by atoms with Gasteiger partial charge in [0.2, 0.25) is 11.8 Å². The van der Waals surface area contributed by atoms with Crippen LogP contribution in [0.25, 0.3) is 0 Å². The van der Waals surface area contributed by atoms with Crippen LogP contribution in [0.15, 0.2) is 78.9 Å². The Morgan fingerprint density at radius 1 is 0.913 bits per heavy atom. The molecular formula is C38H44BFN2O4. The van der Waals surface area contributed by atoms with Crippen molar-refractivity contribution in [2.75, 3.05) is 0 Å². The first-order chi connectivity index (χ1) is 22.1. The van der Waals surface area contributed by atoms with Crippen molar-refractivity contribution in [3.63, 3.8) is 0 Å². The van der Waals surface area contributed by atoms with Gasteiger partial charge in [-0.15, -0.1) is 0 Å². The second-order valence-electron chi connectivity index (χ2n) is 14.7. The van der Waals surface area contributed by atoms with E-state index in [1.165, 1.54) is 17.7 Å². The number of carbonyl (C=O) groups is 2. The molecular weight excluding hydrogens is 578 g/mol. The van der Waals surface area contributed by atoms with E-state index in [0.717, 1.165) is 48.8 Å². The topological polar surface area (TPSA) is 76.7 Å². The summed E-state index contributed by atoms with van der Waals surface area (Å²) in [5.41, 5.74) is 3.80. The minimum Gasteiger partial charge on any atom is -0.404 e. The van der Waals surface area contributed by atoms with Crippen LogP contribution in [0.1, 0.15) is 74.6 Å². The molecule has 4 aliphatic carbocycles. The quantitative estimate of drug-likeness (QED) is 0.289. The number of nitrogens with one attached hydrogen (secondary N) is 2. The molecule has 0 spiro atoms. The van der Waals surface area contributed by atoms with Crippen molar-refractivity contribution < 1.29 is 23.3 Å². The van der Waals surface area contributed by atoms with Crippen LogP contribution in [-0.2, 0) is 38.2 Å². The highest BCUT2D eigenvalue weighted by molar-refractivity contribution is 6.48. The number of hydrogen-bond donors (Lipinski definition) is 2.